The van der Waals surface area contributed by atoms with E-state index in [1.807, 2.05) is 59.7 Å². The van der Waals surface area contributed by atoms with Crippen molar-refractivity contribution in [3.05, 3.63) is 84.8 Å². The third kappa shape index (κ3) is 6.49. The van der Waals surface area contributed by atoms with E-state index < -0.39 is 14.9 Å². The Morgan fingerprint density at radius 2 is 1.35 bits per heavy atom. The predicted molar refractivity (Wildman–Crippen MR) is 149 cm³/mol. The van der Waals surface area contributed by atoms with Crippen molar-refractivity contribution in [1.29, 1.82) is 0 Å². The average Bonchev–Trinajstić information content (AvgIpc) is 2.75. The second-order valence-electron chi connectivity index (χ2n) is 10.5. The maximum Gasteiger partial charge on any atom is 0.271 e. The van der Waals surface area contributed by atoms with E-state index in [-0.39, 0.29) is 48.0 Å². The van der Waals surface area contributed by atoms with Crippen molar-refractivity contribution < 1.29 is 18.1 Å². The Balaban J connectivity index is 2.04. The predicted octanol–water partition coefficient (Wildman–Crippen LogP) is 8.74. The Kier molecular flexibility index (Phi) is 8.11. The molecule has 11 heteroatoms. The number of benzene rings is 3. The molecule has 198 valence electrons. The number of hydrogen-bond donors (Lipinski definition) is 1. The van der Waals surface area contributed by atoms with Gasteiger partial charge in [0.2, 0.25) is 0 Å². The van der Waals surface area contributed by atoms with Gasteiger partial charge in [0, 0.05) is 12.1 Å². The summed E-state index contributed by atoms with van der Waals surface area (Å²) in [6.07, 6.45) is 0. The molecule has 0 aromatic heterocycles. The molecule has 0 saturated carbocycles. The second kappa shape index (κ2) is 10.3. The van der Waals surface area contributed by atoms with Crippen molar-refractivity contribution in [3.8, 4) is 11.5 Å². The van der Waals surface area contributed by atoms with Crippen LogP contribution in [0.4, 0.5) is 11.4 Å². The summed E-state index contributed by atoms with van der Waals surface area (Å²) in [4.78, 5) is 10.2. The number of sulfonamides is 1. The number of rotatable bonds is 6. The lowest BCUT2D eigenvalue weighted by atomic mass is 9.79. The Morgan fingerprint density at radius 1 is 0.838 bits per heavy atom. The van der Waals surface area contributed by atoms with Crippen LogP contribution in [0.25, 0.3) is 0 Å². The molecule has 3 aromatic carbocycles. The molecule has 37 heavy (non-hydrogen) atoms. The Morgan fingerprint density at radius 3 is 1.78 bits per heavy atom. The SMILES string of the molecule is CC(C)(C)c1cccc(C(C)(C)C)c1NS(=O)(=O)c1cc(Cl)c(Oc2ccc([N+](=O)[O-])cc2Cl)c(Cl)c1. The number of nitro groups is 1. The van der Waals surface area contributed by atoms with Crippen molar-refractivity contribution in [1.82, 2.24) is 0 Å². The summed E-state index contributed by atoms with van der Waals surface area (Å²) in [7, 11) is -4.11. The van der Waals surface area contributed by atoms with Crippen LogP contribution in [0.2, 0.25) is 15.1 Å². The van der Waals surface area contributed by atoms with Gasteiger partial charge in [-0.05, 0) is 40.2 Å². The summed E-state index contributed by atoms with van der Waals surface area (Å²) in [5.74, 6) is 0.0298. The zero-order valence-corrected chi connectivity index (χ0v) is 24.2. The lowest BCUT2D eigenvalue weighted by Gasteiger charge is -2.30. The molecule has 0 amide bonds. The number of ether oxygens (including phenoxy) is 1. The van der Waals surface area contributed by atoms with E-state index in [0.29, 0.717) is 5.69 Å². The van der Waals surface area contributed by atoms with Crippen LogP contribution in [0.3, 0.4) is 0 Å². The van der Waals surface area contributed by atoms with E-state index in [2.05, 4.69) is 4.72 Å². The lowest BCUT2D eigenvalue weighted by Crippen LogP contribution is -2.24. The molecule has 0 aliphatic rings. The van der Waals surface area contributed by atoms with Gasteiger partial charge in [0.1, 0.15) is 5.75 Å². The van der Waals surface area contributed by atoms with Crippen LogP contribution in [-0.2, 0) is 20.9 Å². The van der Waals surface area contributed by atoms with Crippen molar-refractivity contribution in [2.45, 2.75) is 57.3 Å². The first-order chi connectivity index (χ1) is 16.9. The van der Waals surface area contributed by atoms with Crippen LogP contribution >= 0.6 is 34.8 Å². The largest absolute Gasteiger partial charge is 0.453 e. The standard InChI is InChI=1S/C26H27Cl3N2O5S/c1-25(2,3)17-8-7-9-18(26(4,5)6)23(17)30-37(34,35)16-13-20(28)24(21(29)14-16)36-22-11-10-15(31(32)33)12-19(22)27/h7-14,30H,1-6H3. The van der Waals surface area contributed by atoms with Crippen LogP contribution in [0.1, 0.15) is 52.7 Å². The highest BCUT2D eigenvalue weighted by atomic mass is 35.5. The molecule has 0 radical (unpaired) electrons. The number of hydrogen-bond acceptors (Lipinski definition) is 5. The van der Waals surface area contributed by atoms with E-state index in [0.717, 1.165) is 17.2 Å². The maximum atomic E-state index is 13.5. The molecular formula is C26H27Cl3N2O5S. The monoisotopic (exact) mass is 584 g/mol. The van der Waals surface area contributed by atoms with Gasteiger partial charge in [-0.2, -0.15) is 0 Å². The third-order valence-corrected chi connectivity index (χ3v) is 7.72. The highest BCUT2D eigenvalue weighted by Gasteiger charge is 2.29. The number of nitrogens with one attached hydrogen (secondary N) is 1. The van der Waals surface area contributed by atoms with Crippen molar-refractivity contribution in [2.24, 2.45) is 0 Å². The minimum absolute atomic E-state index is 0.0341. The van der Waals surface area contributed by atoms with Gasteiger partial charge in [0.25, 0.3) is 15.7 Å². The van der Waals surface area contributed by atoms with Crippen LogP contribution in [0.5, 0.6) is 11.5 Å². The second-order valence-corrected chi connectivity index (χ2v) is 13.4. The zero-order valence-electron chi connectivity index (χ0n) is 21.1. The number of anilines is 1. The normalized spacial score (nSPS) is 12.4. The first-order valence-corrected chi connectivity index (χ1v) is 13.8. The molecule has 0 aliphatic carbocycles. The molecule has 3 rings (SSSR count). The Bertz CT molecular complexity index is 1420. The van der Waals surface area contributed by atoms with Gasteiger partial charge in [-0.25, -0.2) is 8.42 Å². The van der Waals surface area contributed by atoms with Gasteiger partial charge in [0.15, 0.2) is 5.75 Å². The molecule has 0 bridgehead atoms. The van der Waals surface area contributed by atoms with Crippen molar-refractivity contribution in [2.75, 3.05) is 4.72 Å². The summed E-state index contributed by atoms with van der Waals surface area (Å²) < 4.78 is 35.5. The molecular weight excluding hydrogens is 559 g/mol. The molecule has 0 spiro atoms. The van der Waals surface area contributed by atoms with Crippen LogP contribution in [0.15, 0.2) is 53.4 Å². The van der Waals surface area contributed by atoms with E-state index >= 15 is 0 Å². The van der Waals surface area contributed by atoms with Gasteiger partial charge in [-0.15, -0.1) is 0 Å². The Labute approximate surface area is 231 Å². The summed E-state index contributed by atoms with van der Waals surface area (Å²) in [5.41, 5.74) is 1.30. The van der Waals surface area contributed by atoms with Crippen molar-refractivity contribution >= 4 is 56.2 Å². The van der Waals surface area contributed by atoms with Crippen LogP contribution < -0.4 is 9.46 Å². The molecule has 0 aliphatic heterocycles. The molecule has 3 aromatic rings. The summed E-state index contributed by atoms with van der Waals surface area (Å²) in [5, 5.41) is 10.7. The van der Waals surface area contributed by atoms with Crippen LogP contribution in [-0.4, -0.2) is 13.3 Å². The number of para-hydroxylation sites is 1. The molecule has 0 unspecified atom stereocenters. The van der Waals surface area contributed by atoms with E-state index in [1.54, 1.807) is 0 Å². The zero-order chi connectivity index (χ0) is 27.9. The molecule has 0 heterocycles. The molecule has 7 nitrogen and oxygen atoms in total. The number of nitro benzene ring substituents is 1. The number of halogens is 3. The molecule has 0 atom stereocenters. The highest BCUT2D eigenvalue weighted by molar-refractivity contribution is 7.92. The smallest absolute Gasteiger partial charge is 0.271 e. The maximum absolute atomic E-state index is 13.5. The van der Waals surface area contributed by atoms with Gasteiger partial charge >= 0.3 is 0 Å². The summed E-state index contributed by atoms with van der Waals surface area (Å²) in [6, 6.07) is 11.8. The average molecular weight is 586 g/mol. The van der Waals surface area contributed by atoms with Crippen LogP contribution in [0, 0.1) is 10.1 Å². The first kappa shape index (κ1) is 29.0. The van der Waals surface area contributed by atoms with Gasteiger partial charge in [-0.1, -0.05) is 94.5 Å². The third-order valence-electron chi connectivity index (χ3n) is 5.54. The number of nitrogens with zero attached hydrogens (tertiary/aromatic N) is 1. The summed E-state index contributed by atoms with van der Waals surface area (Å²) in [6.45, 7) is 12.1. The van der Waals surface area contributed by atoms with E-state index in [9.17, 15) is 18.5 Å². The van der Waals surface area contributed by atoms with Gasteiger partial charge < -0.3 is 4.74 Å². The highest BCUT2D eigenvalue weighted by Crippen LogP contribution is 2.43. The molecule has 0 saturated heterocycles. The van der Waals surface area contributed by atoms with Gasteiger partial charge in [0.05, 0.1) is 30.6 Å². The van der Waals surface area contributed by atoms with E-state index in [1.165, 1.54) is 24.3 Å². The molecule has 0 fully saturated rings. The minimum Gasteiger partial charge on any atom is -0.453 e. The fraction of sp³-hybridized carbons (Fsp3) is 0.308. The fourth-order valence-corrected chi connectivity index (χ4v) is 5.75. The fourth-order valence-electron chi connectivity index (χ4n) is 3.69. The summed E-state index contributed by atoms with van der Waals surface area (Å²) >= 11 is 18.9. The molecule has 1 N–H and O–H groups in total. The first-order valence-electron chi connectivity index (χ1n) is 11.2. The Hall–Kier alpha value is -2.52. The van der Waals surface area contributed by atoms with Gasteiger partial charge in [-0.3, -0.25) is 14.8 Å². The minimum atomic E-state index is -4.11. The number of non-ortho nitro benzene ring substituents is 1. The topological polar surface area (TPSA) is 98.5 Å². The quantitative estimate of drug-likeness (QED) is 0.230. The lowest BCUT2D eigenvalue weighted by molar-refractivity contribution is -0.384. The van der Waals surface area contributed by atoms with E-state index in [4.69, 9.17) is 39.5 Å². The van der Waals surface area contributed by atoms with Crippen molar-refractivity contribution in [3.63, 3.8) is 0 Å².